The molecule has 21 heavy (non-hydrogen) atoms. The Hall–Kier alpha value is -0.160. The van der Waals surface area contributed by atoms with Gasteiger partial charge in [-0.1, -0.05) is 19.8 Å². The maximum Gasteiger partial charge on any atom is 0.0593 e. The molecule has 0 aromatic rings. The fourth-order valence-corrected chi connectivity index (χ4v) is 3.48. The number of ether oxygens (including phenoxy) is 2. The molecular formula is C17H36N2O2. The zero-order valence-electron chi connectivity index (χ0n) is 14.4. The molecule has 0 radical (unpaired) electrons. The summed E-state index contributed by atoms with van der Waals surface area (Å²) in [6.07, 6.45) is 5.20. The molecule has 126 valence electrons. The van der Waals surface area contributed by atoms with Crippen molar-refractivity contribution in [2.45, 2.75) is 52.5 Å². The van der Waals surface area contributed by atoms with Gasteiger partial charge in [0.1, 0.15) is 0 Å². The third-order valence-electron chi connectivity index (χ3n) is 4.87. The van der Waals surface area contributed by atoms with Gasteiger partial charge >= 0.3 is 0 Å². The first-order valence-electron chi connectivity index (χ1n) is 8.86. The highest BCUT2D eigenvalue weighted by Gasteiger charge is 2.32. The second-order valence-corrected chi connectivity index (χ2v) is 6.08. The van der Waals surface area contributed by atoms with Gasteiger partial charge in [-0.05, 0) is 45.1 Å². The average molecular weight is 300 g/mol. The molecule has 2 N–H and O–H groups in total. The van der Waals surface area contributed by atoms with Crippen molar-refractivity contribution in [2.24, 2.45) is 17.6 Å². The van der Waals surface area contributed by atoms with E-state index in [9.17, 15) is 0 Å². The third-order valence-corrected chi connectivity index (χ3v) is 4.87. The summed E-state index contributed by atoms with van der Waals surface area (Å²) in [7, 11) is 0. The smallest absolute Gasteiger partial charge is 0.0593 e. The molecule has 0 bridgehead atoms. The normalized spacial score (nSPS) is 26.4. The number of nitrogens with zero attached hydrogens (tertiary/aromatic N) is 1. The SMILES string of the molecule is CCOCCN(CCOCC)C1CC(CC)CCC1CN. The van der Waals surface area contributed by atoms with Crippen molar-refractivity contribution >= 4 is 0 Å². The van der Waals surface area contributed by atoms with Crippen LogP contribution in [0.3, 0.4) is 0 Å². The predicted octanol–water partition coefficient (Wildman–Crippen LogP) is 2.51. The largest absolute Gasteiger partial charge is 0.380 e. The van der Waals surface area contributed by atoms with Gasteiger partial charge in [-0.25, -0.2) is 0 Å². The quantitative estimate of drug-likeness (QED) is 0.596. The molecule has 3 unspecified atom stereocenters. The minimum atomic E-state index is 0.606. The van der Waals surface area contributed by atoms with Gasteiger partial charge in [0.2, 0.25) is 0 Å². The van der Waals surface area contributed by atoms with Crippen molar-refractivity contribution in [1.29, 1.82) is 0 Å². The lowest BCUT2D eigenvalue weighted by atomic mass is 9.76. The first kappa shape index (κ1) is 18.9. The number of hydrogen-bond donors (Lipinski definition) is 1. The van der Waals surface area contributed by atoms with Crippen LogP contribution in [0, 0.1) is 11.8 Å². The molecule has 4 heteroatoms. The molecule has 0 aromatic heterocycles. The number of rotatable bonds is 11. The maximum absolute atomic E-state index is 6.04. The average Bonchev–Trinajstić information content (AvgIpc) is 2.53. The predicted molar refractivity (Wildman–Crippen MR) is 88.5 cm³/mol. The summed E-state index contributed by atoms with van der Waals surface area (Å²) in [5, 5.41) is 0. The van der Waals surface area contributed by atoms with Crippen molar-refractivity contribution in [2.75, 3.05) is 46.1 Å². The van der Waals surface area contributed by atoms with Gasteiger partial charge < -0.3 is 15.2 Å². The van der Waals surface area contributed by atoms with Crippen molar-refractivity contribution in [3.8, 4) is 0 Å². The first-order valence-corrected chi connectivity index (χ1v) is 8.86. The first-order chi connectivity index (χ1) is 10.3. The molecular weight excluding hydrogens is 264 g/mol. The molecule has 0 heterocycles. The highest BCUT2D eigenvalue weighted by Crippen LogP contribution is 2.33. The Kier molecular flexibility index (Phi) is 10.3. The summed E-state index contributed by atoms with van der Waals surface area (Å²) in [6.45, 7) is 12.4. The molecule has 1 rings (SSSR count). The topological polar surface area (TPSA) is 47.7 Å². The maximum atomic E-state index is 6.04. The van der Waals surface area contributed by atoms with Crippen LogP contribution in [-0.2, 0) is 9.47 Å². The number of nitrogens with two attached hydrogens (primary N) is 1. The van der Waals surface area contributed by atoms with Crippen LogP contribution in [0.1, 0.15) is 46.5 Å². The third kappa shape index (κ3) is 6.64. The van der Waals surface area contributed by atoms with Crippen molar-refractivity contribution in [1.82, 2.24) is 4.90 Å². The van der Waals surface area contributed by atoms with Gasteiger partial charge in [-0.3, -0.25) is 4.90 Å². The summed E-state index contributed by atoms with van der Waals surface area (Å²) in [4.78, 5) is 2.57. The molecule has 0 spiro atoms. The molecule has 1 aliphatic carbocycles. The van der Waals surface area contributed by atoms with Crippen LogP contribution in [0.4, 0.5) is 0 Å². The van der Waals surface area contributed by atoms with Crippen LogP contribution in [0.15, 0.2) is 0 Å². The van der Waals surface area contributed by atoms with E-state index in [1.54, 1.807) is 0 Å². The number of hydrogen-bond acceptors (Lipinski definition) is 4. The van der Waals surface area contributed by atoms with E-state index in [0.29, 0.717) is 12.0 Å². The Labute approximate surface area is 131 Å². The van der Waals surface area contributed by atoms with Gasteiger partial charge in [0, 0.05) is 32.3 Å². The van der Waals surface area contributed by atoms with Crippen LogP contribution in [0.2, 0.25) is 0 Å². The van der Waals surface area contributed by atoms with E-state index in [0.717, 1.165) is 52.0 Å². The Morgan fingerprint density at radius 2 is 1.62 bits per heavy atom. The second-order valence-electron chi connectivity index (χ2n) is 6.08. The highest BCUT2D eigenvalue weighted by atomic mass is 16.5. The summed E-state index contributed by atoms with van der Waals surface area (Å²) in [5.74, 6) is 1.50. The standard InChI is InChI=1S/C17H36N2O2/c1-4-15-7-8-16(14-18)17(13-15)19(9-11-20-5-2)10-12-21-6-3/h15-17H,4-14,18H2,1-3H3. The van der Waals surface area contributed by atoms with Crippen LogP contribution in [-0.4, -0.2) is 57.0 Å². The lowest BCUT2D eigenvalue weighted by Gasteiger charge is -2.42. The Morgan fingerprint density at radius 3 is 2.10 bits per heavy atom. The van der Waals surface area contributed by atoms with E-state index in [-0.39, 0.29) is 0 Å². The van der Waals surface area contributed by atoms with Crippen molar-refractivity contribution < 1.29 is 9.47 Å². The minimum absolute atomic E-state index is 0.606. The summed E-state index contributed by atoms with van der Waals surface area (Å²) < 4.78 is 11.1. The van der Waals surface area contributed by atoms with E-state index in [4.69, 9.17) is 15.2 Å². The van der Waals surface area contributed by atoms with Crippen LogP contribution in [0.5, 0.6) is 0 Å². The lowest BCUT2D eigenvalue weighted by Crippen LogP contribution is -2.49. The van der Waals surface area contributed by atoms with E-state index in [2.05, 4.69) is 25.7 Å². The van der Waals surface area contributed by atoms with Crippen LogP contribution in [0.25, 0.3) is 0 Å². The Bertz CT molecular complexity index is 241. The van der Waals surface area contributed by atoms with E-state index < -0.39 is 0 Å². The molecule has 4 nitrogen and oxygen atoms in total. The summed E-state index contributed by atoms with van der Waals surface area (Å²) in [6, 6.07) is 0.606. The van der Waals surface area contributed by atoms with Gasteiger partial charge in [-0.15, -0.1) is 0 Å². The highest BCUT2D eigenvalue weighted by molar-refractivity contribution is 4.87. The van der Waals surface area contributed by atoms with Crippen LogP contribution < -0.4 is 5.73 Å². The van der Waals surface area contributed by atoms with Gasteiger partial charge in [0.05, 0.1) is 13.2 Å². The zero-order chi connectivity index (χ0) is 15.5. The fraction of sp³-hybridized carbons (Fsp3) is 1.00. The molecule has 1 fully saturated rings. The molecule has 0 aliphatic heterocycles. The molecule has 3 atom stereocenters. The van der Waals surface area contributed by atoms with Crippen molar-refractivity contribution in [3.63, 3.8) is 0 Å². The molecule has 0 aromatic carbocycles. The monoisotopic (exact) mass is 300 g/mol. The van der Waals surface area contributed by atoms with Gasteiger partial charge in [-0.2, -0.15) is 0 Å². The second kappa shape index (κ2) is 11.4. The minimum Gasteiger partial charge on any atom is -0.380 e. The Morgan fingerprint density at radius 1 is 1.00 bits per heavy atom. The summed E-state index contributed by atoms with van der Waals surface area (Å²) >= 11 is 0. The Balaban J connectivity index is 2.60. The summed E-state index contributed by atoms with van der Waals surface area (Å²) in [5.41, 5.74) is 6.04. The molecule has 1 saturated carbocycles. The van der Waals surface area contributed by atoms with Crippen molar-refractivity contribution in [3.05, 3.63) is 0 Å². The fourth-order valence-electron chi connectivity index (χ4n) is 3.48. The van der Waals surface area contributed by atoms with E-state index >= 15 is 0 Å². The molecule has 0 saturated heterocycles. The zero-order valence-corrected chi connectivity index (χ0v) is 14.4. The van der Waals surface area contributed by atoms with Gasteiger partial charge in [0.25, 0.3) is 0 Å². The molecule has 1 aliphatic rings. The van der Waals surface area contributed by atoms with E-state index in [1.807, 2.05) is 0 Å². The molecule has 0 amide bonds. The van der Waals surface area contributed by atoms with E-state index in [1.165, 1.54) is 25.7 Å². The lowest BCUT2D eigenvalue weighted by molar-refractivity contribution is 0.0245. The van der Waals surface area contributed by atoms with Crippen LogP contribution >= 0.6 is 0 Å². The van der Waals surface area contributed by atoms with Gasteiger partial charge in [0.15, 0.2) is 0 Å².